The van der Waals surface area contributed by atoms with Gasteiger partial charge < -0.3 is 9.19 Å². The predicted molar refractivity (Wildman–Crippen MR) is 86.5 cm³/mol. The van der Waals surface area contributed by atoms with E-state index in [0.29, 0.717) is 0 Å². The molecule has 0 aromatic carbocycles. The highest BCUT2D eigenvalue weighted by molar-refractivity contribution is 5.94. The topological polar surface area (TPSA) is 34.1 Å². The van der Waals surface area contributed by atoms with Crippen molar-refractivity contribution in [3.8, 4) is 0 Å². The summed E-state index contributed by atoms with van der Waals surface area (Å²) in [7, 11) is -1.42. The monoisotopic (exact) mass is 321 g/mol. The van der Waals surface area contributed by atoms with Gasteiger partial charge in [-0.15, -0.1) is 0 Å². The van der Waals surface area contributed by atoms with Crippen LogP contribution in [0, 0.1) is 0 Å². The number of nitrogens with zero attached hydrogens (tertiary/aromatic N) is 1. The molecule has 0 rings (SSSR count). The summed E-state index contributed by atoms with van der Waals surface area (Å²) < 4.78 is 18.2. The molecule has 128 valence electrons. The highest BCUT2D eigenvalue weighted by Gasteiger charge is 2.24. The molecule has 0 saturated carbocycles. The minimum atomic E-state index is -1.42. The Hall–Kier alpha value is -0.293. The largest absolute Gasteiger partial charge is 1.00 e. The van der Waals surface area contributed by atoms with Gasteiger partial charge in [0, 0.05) is 0 Å². The molecule has 0 aromatic rings. The average Bonchev–Trinajstić information content (AvgIpc) is 2.46. The van der Waals surface area contributed by atoms with E-state index >= 15 is 0 Å². The van der Waals surface area contributed by atoms with Crippen LogP contribution in [0.15, 0.2) is 0 Å². The van der Waals surface area contributed by atoms with Crippen molar-refractivity contribution in [3.63, 3.8) is 0 Å². The first kappa shape index (κ1) is 25.6. The van der Waals surface area contributed by atoms with E-state index in [1.807, 2.05) is 0 Å². The number of rotatable bonds is 12. The lowest BCUT2D eigenvalue weighted by atomic mass is 10.1. The minimum Gasteiger partial charge on any atom is -1.00 e. The predicted octanol–water partition coefficient (Wildman–Crippen LogP) is 1.39. The van der Waals surface area contributed by atoms with Crippen molar-refractivity contribution in [3.05, 3.63) is 0 Å². The van der Waals surface area contributed by atoms with Crippen molar-refractivity contribution >= 4 is 9.29 Å². The molecule has 0 fully saturated rings. The molecule has 0 aromatic heterocycles. The standard InChI is InChI=1S/C16H36N.FH.O2Si/c1-5-9-13-17(14-10-6-2,15-11-7-3)16-12-8-4;;1-3-2/h5-16H2,1-4H3;1H;/q+1;;/p-1. The highest BCUT2D eigenvalue weighted by atomic mass is 28.2. The summed E-state index contributed by atoms with van der Waals surface area (Å²) in [5.74, 6) is 0. The summed E-state index contributed by atoms with van der Waals surface area (Å²) in [6.07, 6.45) is 11.1. The zero-order valence-electron chi connectivity index (χ0n) is 14.6. The molecule has 0 aliphatic heterocycles. The third-order valence-electron chi connectivity index (χ3n) is 3.94. The average molecular weight is 322 g/mol. The normalized spacial score (nSPS) is 10.1. The summed E-state index contributed by atoms with van der Waals surface area (Å²) in [6, 6.07) is 0. The maximum atomic E-state index is 8.40. The smallest absolute Gasteiger partial charge is 0.549 e. The zero-order chi connectivity index (χ0) is 15.7. The van der Waals surface area contributed by atoms with E-state index in [1.54, 1.807) is 0 Å². The second-order valence-electron chi connectivity index (χ2n) is 5.73. The van der Waals surface area contributed by atoms with Crippen LogP contribution in [-0.2, 0) is 8.92 Å². The molecule has 0 heterocycles. The molecule has 3 nitrogen and oxygen atoms in total. The van der Waals surface area contributed by atoms with Crippen molar-refractivity contribution < 1.29 is 18.1 Å². The first-order valence-corrected chi connectivity index (χ1v) is 9.32. The van der Waals surface area contributed by atoms with Gasteiger partial charge in [-0.05, 0) is 25.7 Å². The number of quaternary nitrogens is 1. The first-order valence-electron chi connectivity index (χ1n) is 8.50. The number of halogens is 1. The third-order valence-corrected chi connectivity index (χ3v) is 3.94. The molecular formula is C16H36FNO2Si. The van der Waals surface area contributed by atoms with Gasteiger partial charge in [0.05, 0.1) is 26.2 Å². The summed E-state index contributed by atoms with van der Waals surface area (Å²) in [5.41, 5.74) is 0. The quantitative estimate of drug-likeness (QED) is 0.402. The Bertz CT molecular complexity index is 197. The number of hydrogen-bond donors (Lipinski definition) is 0. The van der Waals surface area contributed by atoms with Crippen LogP contribution in [-0.4, -0.2) is 40.0 Å². The van der Waals surface area contributed by atoms with E-state index < -0.39 is 9.29 Å². The summed E-state index contributed by atoms with van der Waals surface area (Å²) in [5, 5.41) is 0. The molecule has 0 atom stereocenters. The van der Waals surface area contributed by atoms with Crippen LogP contribution in [0.2, 0.25) is 0 Å². The van der Waals surface area contributed by atoms with Crippen LogP contribution in [0.5, 0.6) is 0 Å². The lowest BCUT2D eigenvalue weighted by Gasteiger charge is -2.39. The van der Waals surface area contributed by atoms with Crippen LogP contribution in [0.3, 0.4) is 0 Å². The Morgan fingerprint density at radius 2 is 0.810 bits per heavy atom. The molecule has 0 bridgehead atoms. The molecule has 21 heavy (non-hydrogen) atoms. The highest BCUT2D eigenvalue weighted by Crippen LogP contribution is 2.16. The number of unbranched alkanes of at least 4 members (excludes halogenated alkanes) is 4. The Balaban J connectivity index is -0.000000740. The molecule has 0 spiro atoms. The lowest BCUT2D eigenvalue weighted by Crippen LogP contribution is -3.00. The molecule has 0 unspecified atom stereocenters. The second-order valence-corrected chi connectivity index (χ2v) is 5.90. The Labute approximate surface area is 133 Å². The molecular weight excluding hydrogens is 285 g/mol. The van der Waals surface area contributed by atoms with Gasteiger partial charge in [-0.1, -0.05) is 53.4 Å². The van der Waals surface area contributed by atoms with Crippen molar-refractivity contribution in [2.24, 2.45) is 0 Å². The van der Waals surface area contributed by atoms with Crippen molar-refractivity contribution in [2.75, 3.05) is 26.2 Å². The fourth-order valence-corrected chi connectivity index (χ4v) is 2.64. The maximum absolute atomic E-state index is 8.40. The summed E-state index contributed by atoms with van der Waals surface area (Å²) >= 11 is 0. The third kappa shape index (κ3) is 15.9. The van der Waals surface area contributed by atoms with Crippen LogP contribution in [0.4, 0.5) is 0 Å². The summed E-state index contributed by atoms with van der Waals surface area (Å²) in [4.78, 5) is 0. The van der Waals surface area contributed by atoms with Gasteiger partial charge in [-0.25, -0.2) is 0 Å². The van der Waals surface area contributed by atoms with Crippen LogP contribution < -0.4 is 4.70 Å². The molecule has 0 aliphatic carbocycles. The molecule has 0 amide bonds. The van der Waals surface area contributed by atoms with Crippen molar-refractivity contribution in [2.45, 2.75) is 79.1 Å². The fraction of sp³-hybridized carbons (Fsp3) is 1.00. The van der Waals surface area contributed by atoms with Crippen molar-refractivity contribution in [1.29, 1.82) is 0 Å². The zero-order valence-corrected chi connectivity index (χ0v) is 15.6. The van der Waals surface area contributed by atoms with E-state index in [1.165, 1.54) is 82.0 Å². The fourth-order valence-electron chi connectivity index (χ4n) is 2.64. The van der Waals surface area contributed by atoms with E-state index in [0.717, 1.165) is 0 Å². The Kier molecular flexibility index (Phi) is 24.1. The van der Waals surface area contributed by atoms with Gasteiger partial charge in [-0.2, -0.15) is 0 Å². The van der Waals surface area contributed by atoms with Crippen molar-refractivity contribution in [1.82, 2.24) is 0 Å². The van der Waals surface area contributed by atoms with E-state index in [2.05, 4.69) is 27.7 Å². The van der Waals surface area contributed by atoms with E-state index in [4.69, 9.17) is 8.92 Å². The molecule has 0 aliphatic rings. The first-order chi connectivity index (χ1) is 9.66. The minimum absolute atomic E-state index is 0. The molecule has 0 N–H and O–H groups in total. The van der Waals surface area contributed by atoms with Gasteiger partial charge in [0.25, 0.3) is 0 Å². The van der Waals surface area contributed by atoms with E-state index in [9.17, 15) is 0 Å². The second kappa shape index (κ2) is 19.7. The van der Waals surface area contributed by atoms with Crippen LogP contribution in [0.25, 0.3) is 0 Å². The van der Waals surface area contributed by atoms with Crippen LogP contribution >= 0.6 is 0 Å². The SMILES string of the molecule is CCCC[N+](CCCC)(CCCC)CCCC.O=[Si]=O.[F-]. The maximum Gasteiger partial charge on any atom is 0.549 e. The molecule has 0 saturated heterocycles. The van der Waals surface area contributed by atoms with Gasteiger partial charge >= 0.3 is 9.29 Å². The Morgan fingerprint density at radius 1 is 0.619 bits per heavy atom. The van der Waals surface area contributed by atoms with E-state index in [-0.39, 0.29) is 4.70 Å². The van der Waals surface area contributed by atoms with Gasteiger partial charge in [-0.3, -0.25) is 8.92 Å². The van der Waals surface area contributed by atoms with Gasteiger partial charge in [0.15, 0.2) is 0 Å². The van der Waals surface area contributed by atoms with Gasteiger partial charge in [0.1, 0.15) is 0 Å². The lowest BCUT2D eigenvalue weighted by molar-refractivity contribution is -0.929. The Morgan fingerprint density at radius 3 is 0.952 bits per heavy atom. The summed E-state index contributed by atoms with van der Waals surface area (Å²) in [6.45, 7) is 15.0. The van der Waals surface area contributed by atoms with Crippen LogP contribution in [0.1, 0.15) is 79.1 Å². The van der Waals surface area contributed by atoms with Gasteiger partial charge in [0.2, 0.25) is 0 Å². The number of hydrogen-bond acceptors (Lipinski definition) is 2. The molecule has 5 heteroatoms. The molecule has 0 radical (unpaired) electrons.